The second kappa shape index (κ2) is 9.63. The number of hydrogen-bond acceptors (Lipinski definition) is 9. The number of hydrogen-bond donors (Lipinski definition) is 2. The van der Waals surface area contributed by atoms with Crippen LogP contribution in [0.5, 0.6) is 5.75 Å². The van der Waals surface area contributed by atoms with Crippen molar-refractivity contribution in [2.45, 2.75) is 0 Å². The lowest BCUT2D eigenvalue weighted by Gasteiger charge is -2.34. The highest BCUT2D eigenvalue weighted by Gasteiger charge is 2.18. The van der Waals surface area contributed by atoms with Gasteiger partial charge < -0.3 is 19.9 Å². The number of fused-ring (bicyclic) bond motifs is 1. The molecule has 12 heteroatoms. The third-order valence-electron chi connectivity index (χ3n) is 5.99. The standard InChI is InChI=1S/C24H28N8O3S/c1-30-9-11-31(12-10-30)20-8-7-18(14-22(20)35-2)26-24-27-23-16-25-15-21(32(23)28-24)17-5-4-6-19(13-17)29-36(3,33)34/h4-8,13-16,29H,9-12H2,1-3H3,(H,26,28). The molecular formula is C24H28N8O3S. The highest BCUT2D eigenvalue weighted by atomic mass is 32.2. The third kappa shape index (κ3) is 5.19. The average Bonchev–Trinajstić information content (AvgIpc) is 3.26. The third-order valence-corrected chi connectivity index (χ3v) is 6.60. The zero-order chi connectivity index (χ0) is 25.3. The van der Waals surface area contributed by atoms with Crippen molar-refractivity contribution in [3.05, 3.63) is 54.9 Å². The lowest BCUT2D eigenvalue weighted by molar-refractivity contribution is 0.311. The first-order chi connectivity index (χ1) is 17.3. The molecule has 188 valence electrons. The summed E-state index contributed by atoms with van der Waals surface area (Å²) in [4.78, 5) is 13.5. The van der Waals surface area contributed by atoms with Crippen LogP contribution in [-0.2, 0) is 10.0 Å². The van der Waals surface area contributed by atoms with Crippen molar-refractivity contribution in [3.8, 4) is 17.0 Å². The zero-order valence-corrected chi connectivity index (χ0v) is 21.2. The Balaban J connectivity index is 1.42. The minimum Gasteiger partial charge on any atom is -0.495 e. The number of sulfonamides is 1. The molecule has 1 fully saturated rings. The molecule has 1 aliphatic heterocycles. The lowest BCUT2D eigenvalue weighted by Crippen LogP contribution is -2.44. The van der Waals surface area contributed by atoms with Crippen LogP contribution in [0.2, 0.25) is 0 Å². The van der Waals surface area contributed by atoms with Gasteiger partial charge in [0, 0.05) is 49.2 Å². The van der Waals surface area contributed by atoms with Crippen LogP contribution in [0.15, 0.2) is 54.9 Å². The Labute approximate surface area is 209 Å². The molecule has 0 bridgehead atoms. The smallest absolute Gasteiger partial charge is 0.247 e. The molecule has 4 aromatic rings. The number of nitrogens with one attached hydrogen (secondary N) is 2. The van der Waals surface area contributed by atoms with Crippen LogP contribution in [0.25, 0.3) is 16.9 Å². The van der Waals surface area contributed by atoms with Crippen molar-refractivity contribution >= 4 is 38.7 Å². The van der Waals surface area contributed by atoms with Crippen molar-refractivity contribution in [3.63, 3.8) is 0 Å². The second-order valence-electron chi connectivity index (χ2n) is 8.75. The molecule has 5 rings (SSSR count). The maximum Gasteiger partial charge on any atom is 0.247 e. The maximum atomic E-state index is 11.6. The summed E-state index contributed by atoms with van der Waals surface area (Å²) >= 11 is 0. The molecular weight excluding hydrogens is 480 g/mol. The van der Waals surface area contributed by atoms with Crippen LogP contribution in [0.3, 0.4) is 0 Å². The van der Waals surface area contributed by atoms with Crippen LogP contribution >= 0.6 is 0 Å². The minimum absolute atomic E-state index is 0.407. The quantitative estimate of drug-likeness (QED) is 0.389. The summed E-state index contributed by atoms with van der Waals surface area (Å²) in [6.07, 6.45) is 4.40. The molecule has 0 radical (unpaired) electrons. The molecule has 0 spiro atoms. The Morgan fingerprint density at radius 1 is 1.00 bits per heavy atom. The molecule has 0 aliphatic carbocycles. The number of methoxy groups -OCH3 is 1. The van der Waals surface area contributed by atoms with Crippen LogP contribution in [0, 0.1) is 0 Å². The van der Waals surface area contributed by atoms with Crippen molar-refractivity contribution < 1.29 is 13.2 Å². The summed E-state index contributed by atoms with van der Waals surface area (Å²) in [7, 11) is 0.412. The summed E-state index contributed by atoms with van der Waals surface area (Å²) in [5, 5.41) is 7.88. The molecule has 2 N–H and O–H groups in total. The lowest BCUT2D eigenvalue weighted by atomic mass is 10.1. The second-order valence-corrected chi connectivity index (χ2v) is 10.5. The SMILES string of the molecule is COc1cc(Nc2nc3cncc(-c4cccc(NS(C)(=O)=O)c4)n3n2)ccc1N1CCN(C)CC1. The molecule has 2 aromatic carbocycles. The van der Waals surface area contributed by atoms with E-state index in [1.807, 2.05) is 18.2 Å². The fraction of sp³-hybridized carbons (Fsp3) is 0.292. The van der Waals surface area contributed by atoms with Crippen LogP contribution < -0.4 is 19.7 Å². The van der Waals surface area contributed by atoms with Gasteiger partial charge in [-0.2, -0.15) is 4.98 Å². The Bertz CT molecular complexity index is 1500. The first-order valence-electron chi connectivity index (χ1n) is 11.5. The van der Waals surface area contributed by atoms with Crippen molar-refractivity contribution in [1.29, 1.82) is 0 Å². The van der Waals surface area contributed by atoms with Gasteiger partial charge in [-0.3, -0.25) is 9.71 Å². The number of nitrogens with zero attached hydrogens (tertiary/aromatic N) is 6. The molecule has 0 unspecified atom stereocenters. The van der Waals surface area contributed by atoms with Gasteiger partial charge in [-0.1, -0.05) is 12.1 Å². The molecule has 3 heterocycles. The van der Waals surface area contributed by atoms with E-state index in [9.17, 15) is 8.42 Å². The highest BCUT2D eigenvalue weighted by molar-refractivity contribution is 7.92. The van der Waals surface area contributed by atoms with Crippen LogP contribution in [0.1, 0.15) is 0 Å². The molecule has 0 saturated carbocycles. The first kappa shape index (κ1) is 23.8. The van der Waals surface area contributed by atoms with Gasteiger partial charge in [0.05, 0.1) is 37.1 Å². The Kier molecular flexibility index (Phi) is 6.37. The van der Waals surface area contributed by atoms with Gasteiger partial charge in [-0.25, -0.2) is 12.9 Å². The Morgan fingerprint density at radius 3 is 2.56 bits per heavy atom. The topological polar surface area (TPSA) is 117 Å². The summed E-state index contributed by atoms with van der Waals surface area (Å²) in [5.41, 5.74) is 4.29. The average molecular weight is 509 g/mol. The van der Waals surface area contributed by atoms with E-state index in [2.05, 4.69) is 48.0 Å². The van der Waals surface area contributed by atoms with E-state index in [1.54, 1.807) is 42.2 Å². The predicted molar refractivity (Wildman–Crippen MR) is 141 cm³/mol. The largest absolute Gasteiger partial charge is 0.495 e. The van der Waals surface area contributed by atoms with E-state index in [1.165, 1.54) is 0 Å². The van der Waals surface area contributed by atoms with Gasteiger partial charge in [-0.05, 0) is 31.3 Å². The van der Waals surface area contributed by atoms with E-state index < -0.39 is 10.0 Å². The van der Waals surface area contributed by atoms with Crippen molar-refractivity contribution in [1.82, 2.24) is 24.5 Å². The summed E-state index contributed by atoms with van der Waals surface area (Å²) in [6, 6.07) is 13.0. The minimum atomic E-state index is -3.39. The van der Waals surface area contributed by atoms with Gasteiger partial charge in [0.25, 0.3) is 0 Å². The molecule has 0 amide bonds. The monoisotopic (exact) mass is 508 g/mol. The van der Waals surface area contributed by atoms with Gasteiger partial charge in [0.2, 0.25) is 16.0 Å². The molecule has 2 aromatic heterocycles. The summed E-state index contributed by atoms with van der Waals surface area (Å²) < 4.78 is 33.1. The summed E-state index contributed by atoms with van der Waals surface area (Å²) in [5.74, 6) is 1.19. The molecule has 36 heavy (non-hydrogen) atoms. The fourth-order valence-electron chi connectivity index (χ4n) is 4.21. The van der Waals surface area contributed by atoms with E-state index >= 15 is 0 Å². The van der Waals surface area contributed by atoms with E-state index in [0.717, 1.165) is 55.1 Å². The number of piperazine rings is 1. The Hall–Kier alpha value is -3.90. The van der Waals surface area contributed by atoms with Gasteiger partial charge in [0.1, 0.15) is 5.75 Å². The number of anilines is 4. The van der Waals surface area contributed by atoms with Gasteiger partial charge in [-0.15, -0.1) is 5.10 Å². The fourth-order valence-corrected chi connectivity index (χ4v) is 4.77. The van der Waals surface area contributed by atoms with E-state index in [4.69, 9.17) is 4.74 Å². The molecule has 11 nitrogen and oxygen atoms in total. The number of aromatic nitrogens is 4. The van der Waals surface area contributed by atoms with Gasteiger partial charge >= 0.3 is 0 Å². The normalized spacial score (nSPS) is 14.7. The van der Waals surface area contributed by atoms with Gasteiger partial charge in [0.15, 0.2) is 5.65 Å². The predicted octanol–water partition coefficient (Wildman–Crippen LogP) is 2.67. The molecule has 1 saturated heterocycles. The number of likely N-dealkylation sites (N-methyl/N-ethyl adjacent to an activating group) is 1. The number of ether oxygens (including phenoxy) is 1. The van der Waals surface area contributed by atoms with Crippen molar-refractivity contribution in [2.75, 3.05) is 61.5 Å². The maximum absolute atomic E-state index is 11.6. The molecule has 1 aliphatic rings. The number of benzene rings is 2. The van der Waals surface area contributed by atoms with E-state index in [0.29, 0.717) is 23.0 Å². The number of rotatable bonds is 7. The highest BCUT2D eigenvalue weighted by Crippen LogP contribution is 2.33. The molecule has 0 atom stereocenters. The van der Waals surface area contributed by atoms with Crippen LogP contribution in [0.4, 0.5) is 23.0 Å². The van der Waals surface area contributed by atoms with E-state index in [-0.39, 0.29) is 0 Å². The van der Waals surface area contributed by atoms with Crippen LogP contribution in [-0.4, -0.2) is 79.5 Å². The first-order valence-corrected chi connectivity index (χ1v) is 13.4. The Morgan fingerprint density at radius 2 is 1.81 bits per heavy atom. The zero-order valence-electron chi connectivity index (χ0n) is 20.3. The summed E-state index contributed by atoms with van der Waals surface area (Å²) in [6.45, 7) is 3.92. The van der Waals surface area contributed by atoms with Crippen molar-refractivity contribution in [2.24, 2.45) is 0 Å².